The van der Waals surface area contributed by atoms with Gasteiger partial charge in [-0.1, -0.05) is 76.5 Å². The van der Waals surface area contributed by atoms with Crippen molar-refractivity contribution in [1.82, 2.24) is 0 Å². The largest absolute Gasteiger partial charge is 0.493 e. The highest BCUT2D eigenvalue weighted by molar-refractivity contribution is 7.47. The molecule has 0 saturated carbocycles. The maximum Gasteiger partial charge on any atom is 0.472 e. The number of hydrogen-bond acceptors (Lipinski definition) is 9. The standard InChI is InChI=1S/C28H46NO10P/c1-2-3-4-5-6-7-8-9-12-18-36-24-14-11-10-13-22(24)15-16-27(30)38-25-17-19-35-21-26(25)39-40(33,34)37-20-23(29)28(31)32/h10-11,13-14,23,25-26H,2-9,12,15-21,29H2,1H3,(H,31,32)(H,33,34)/t23?,25-,26-/m0/s1. The second-order valence-corrected chi connectivity index (χ2v) is 11.4. The Bertz CT molecular complexity index is 930. The third-order valence-corrected chi connectivity index (χ3v) is 7.62. The Morgan fingerprint density at radius 1 is 1.07 bits per heavy atom. The van der Waals surface area contributed by atoms with Gasteiger partial charge in [0.15, 0.2) is 0 Å². The van der Waals surface area contributed by atoms with Crippen LogP contribution in [-0.4, -0.2) is 66.6 Å². The van der Waals surface area contributed by atoms with Gasteiger partial charge in [0.1, 0.15) is 24.0 Å². The topological polar surface area (TPSA) is 164 Å². The Hall–Kier alpha value is -2.01. The molecule has 1 aliphatic heterocycles. The molecule has 2 rings (SSSR count). The van der Waals surface area contributed by atoms with E-state index in [0.29, 0.717) is 13.0 Å². The molecule has 1 fully saturated rings. The number of carbonyl (C=O) groups excluding carboxylic acids is 1. The molecule has 0 amide bonds. The highest BCUT2D eigenvalue weighted by Crippen LogP contribution is 2.46. The van der Waals surface area contributed by atoms with Crippen LogP contribution in [0.15, 0.2) is 24.3 Å². The van der Waals surface area contributed by atoms with Crippen LogP contribution < -0.4 is 10.5 Å². The van der Waals surface area contributed by atoms with E-state index in [9.17, 15) is 19.0 Å². The minimum Gasteiger partial charge on any atom is -0.493 e. The third kappa shape index (κ3) is 14.1. The van der Waals surface area contributed by atoms with Crippen LogP contribution in [0.25, 0.3) is 0 Å². The van der Waals surface area contributed by atoms with E-state index in [4.69, 9.17) is 29.6 Å². The number of unbranched alkanes of at least 4 members (excludes halogenated alkanes) is 8. The van der Waals surface area contributed by atoms with Crippen LogP contribution in [0, 0.1) is 0 Å². The number of nitrogens with two attached hydrogens (primary N) is 1. The Kier molecular flexibility index (Phi) is 16.4. The summed E-state index contributed by atoms with van der Waals surface area (Å²) in [6, 6.07) is 6.11. The first-order chi connectivity index (χ1) is 19.2. The zero-order valence-electron chi connectivity index (χ0n) is 23.5. The molecule has 0 aromatic heterocycles. The number of hydrogen-bond donors (Lipinski definition) is 3. The van der Waals surface area contributed by atoms with Crippen LogP contribution in [0.5, 0.6) is 5.75 Å². The van der Waals surface area contributed by atoms with E-state index >= 15 is 0 Å². The summed E-state index contributed by atoms with van der Waals surface area (Å²) in [4.78, 5) is 33.4. The highest BCUT2D eigenvalue weighted by atomic mass is 31.2. The van der Waals surface area contributed by atoms with Gasteiger partial charge < -0.3 is 29.9 Å². The molecule has 1 heterocycles. The predicted octanol–water partition coefficient (Wildman–Crippen LogP) is 4.78. The lowest BCUT2D eigenvalue weighted by molar-refractivity contribution is -0.164. The van der Waals surface area contributed by atoms with E-state index in [2.05, 4.69) is 11.4 Å². The number of carbonyl (C=O) groups is 2. The van der Waals surface area contributed by atoms with Gasteiger partial charge in [0.05, 0.1) is 26.4 Å². The first-order valence-electron chi connectivity index (χ1n) is 14.3. The minimum atomic E-state index is -4.66. The van der Waals surface area contributed by atoms with Crippen LogP contribution in [0.4, 0.5) is 0 Å². The normalized spacial score (nSPS) is 19.5. The van der Waals surface area contributed by atoms with Crippen molar-refractivity contribution < 1.29 is 47.4 Å². The highest BCUT2D eigenvalue weighted by Gasteiger charge is 2.37. The number of phosphoric ester groups is 1. The van der Waals surface area contributed by atoms with Crippen molar-refractivity contribution in [2.45, 2.75) is 102 Å². The number of ether oxygens (including phenoxy) is 3. The molecule has 1 saturated heterocycles. The van der Waals surface area contributed by atoms with Gasteiger partial charge in [0, 0.05) is 12.8 Å². The van der Waals surface area contributed by atoms with Crippen molar-refractivity contribution in [2.24, 2.45) is 5.73 Å². The quantitative estimate of drug-likeness (QED) is 0.103. The molecule has 228 valence electrons. The molecule has 11 nitrogen and oxygen atoms in total. The molecule has 1 aliphatic rings. The summed E-state index contributed by atoms with van der Waals surface area (Å²) < 4.78 is 38.9. The molecule has 1 aromatic rings. The smallest absolute Gasteiger partial charge is 0.472 e. The molecular weight excluding hydrogens is 541 g/mol. The van der Waals surface area contributed by atoms with Gasteiger partial charge >= 0.3 is 19.8 Å². The van der Waals surface area contributed by atoms with Crippen molar-refractivity contribution in [3.05, 3.63) is 29.8 Å². The number of aliphatic carboxylic acids is 1. The van der Waals surface area contributed by atoms with Gasteiger partial charge in [-0.05, 0) is 24.5 Å². The minimum absolute atomic E-state index is 0.0865. The Morgan fingerprint density at radius 3 is 2.45 bits per heavy atom. The second-order valence-electron chi connectivity index (χ2n) is 10.0. The van der Waals surface area contributed by atoms with Crippen molar-refractivity contribution in [1.29, 1.82) is 0 Å². The average molecular weight is 588 g/mol. The molecule has 40 heavy (non-hydrogen) atoms. The number of para-hydroxylation sites is 1. The first kappa shape index (κ1) is 34.2. The van der Waals surface area contributed by atoms with Crippen LogP contribution in [0.3, 0.4) is 0 Å². The zero-order valence-corrected chi connectivity index (χ0v) is 24.4. The van der Waals surface area contributed by atoms with Crippen LogP contribution in [-0.2, 0) is 39.1 Å². The van der Waals surface area contributed by atoms with E-state index in [1.165, 1.54) is 44.9 Å². The second kappa shape index (κ2) is 19.2. The summed E-state index contributed by atoms with van der Waals surface area (Å²) in [6.45, 7) is 2.33. The average Bonchev–Trinajstić information content (AvgIpc) is 2.93. The number of rotatable bonds is 21. The summed E-state index contributed by atoms with van der Waals surface area (Å²) in [7, 11) is -4.66. The Labute approximate surface area is 237 Å². The molecule has 4 atom stereocenters. The lowest BCUT2D eigenvalue weighted by atomic mass is 10.1. The van der Waals surface area contributed by atoms with E-state index in [1.807, 2.05) is 24.3 Å². The van der Waals surface area contributed by atoms with Crippen LogP contribution in [0.2, 0.25) is 0 Å². The fourth-order valence-corrected chi connectivity index (χ4v) is 5.23. The van der Waals surface area contributed by atoms with Gasteiger partial charge in [-0.25, -0.2) is 4.57 Å². The number of carboxylic acid groups (broad SMARTS) is 1. The molecular formula is C28H46NO10P. The summed E-state index contributed by atoms with van der Waals surface area (Å²) in [5, 5.41) is 8.80. The lowest BCUT2D eigenvalue weighted by Crippen LogP contribution is -2.41. The van der Waals surface area contributed by atoms with Gasteiger partial charge in [0.25, 0.3) is 0 Å². The van der Waals surface area contributed by atoms with Crippen molar-refractivity contribution in [2.75, 3.05) is 26.4 Å². The monoisotopic (exact) mass is 587 g/mol. The Balaban J connectivity index is 1.74. The molecule has 0 aliphatic carbocycles. The molecule has 0 spiro atoms. The molecule has 2 unspecified atom stereocenters. The first-order valence-corrected chi connectivity index (χ1v) is 15.8. The van der Waals surface area contributed by atoms with E-state index in [0.717, 1.165) is 24.2 Å². The molecule has 12 heteroatoms. The number of esters is 1. The van der Waals surface area contributed by atoms with E-state index in [1.54, 1.807) is 0 Å². The Morgan fingerprint density at radius 2 is 1.75 bits per heavy atom. The lowest BCUT2D eigenvalue weighted by Gasteiger charge is -2.31. The summed E-state index contributed by atoms with van der Waals surface area (Å²) in [5.74, 6) is -1.13. The van der Waals surface area contributed by atoms with Gasteiger partial charge in [0.2, 0.25) is 0 Å². The van der Waals surface area contributed by atoms with Crippen LogP contribution >= 0.6 is 7.82 Å². The molecule has 1 aromatic carbocycles. The number of carboxylic acids is 1. The van der Waals surface area contributed by atoms with E-state index in [-0.39, 0.29) is 26.1 Å². The SMILES string of the molecule is CCCCCCCCCCCOc1ccccc1CCC(=O)O[C@H]1CCOC[C@@H]1OP(=O)(O)OCC(N)C(=O)O. The maximum atomic E-state index is 12.6. The molecule has 0 radical (unpaired) electrons. The van der Waals surface area contributed by atoms with Gasteiger partial charge in [-0.2, -0.15) is 0 Å². The fraction of sp³-hybridized carbons (Fsp3) is 0.714. The maximum absolute atomic E-state index is 12.6. The van der Waals surface area contributed by atoms with Crippen molar-refractivity contribution >= 4 is 19.8 Å². The van der Waals surface area contributed by atoms with E-state index < -0.39 is 44.6 Å². The third-order valence-electron chi connectivity index (χ3n) is 6.61. The molecule has 4 N–H and O–H groups in total. The molecule has 0 bridgehead atoms. The van der Waals surface area contributed by atoms with Crippen molar-refractivity contribution in [3.63, 3.8) is 0 Å². The zero-order chi connectivity index (χ0) is 29.2. The number of phosphoric acid groups is 1. The predicted molar refractivity (Wildman–Crippen MR) is 149 cm³/mol. The summed E-state index contributed by atoms with van der Waals surface area (Å²) >= 11 is 0. The van der Waals surface area contributed by atoms with Gasteiger partial charge in [-0.3, -0.25) is 18.6 Å². The summed E-state index contributed by atoms with van der Waals surface area (Å²) in [6.07, 6.45) is 10.0. The summed E-state index contributed by atoms with van der Waals surface area (Å²) in [5.41, 5.74) is 6.20. The fourth-order valence-electron chi connectivity index (χ4n) is 4.28. The number of aryl methyl sites for hydroxylation is 1. The number of benzene rings is 1. The van der Waals surface area contributed by atoms with Crippen LogP contribution in [0.1, 0.15) is 83.1 Å². The van der Waals surface area contributed by atoms with Gasteiger partial charge in [-0.15, -0.1) is 0 Å². The van der Waals surface area contributed by atoms with Crippen molar-refractivity contribution in [3.8, 4) is 5.75 Å².